The minimum atomic E-state index is -0.653. The van der Waals surface area contributed by atoms with Gasteiger partial charge in [0.25, 0.3) is 0 Å². The van der Waals surface area contributed by atoms with E-state index >= 15 is 0 Å². The smallest absolute Gasteiger partial charge is 0.354 e. The van der Waals surface area contributed by atoms with Gasteiger partial charge < -0.3 is 5.73 Å². The molecule has 0 saturated carbocycles. The maximum Gasteiger partial charge on any atom is 0.354 e. The number of hydrogen-bond donors (Lipinski definition) is 2. The average Bonchev–Trinajstić information content (AvgIpc) is 2.40. The number of nitrogens with one attached hydrogen (secondary N) is 1. The molecule has 1 aromatic carbocycles. The quantitative estimate of drug-likeness (QED) is 0.360. The molecule has 9 heteroatoms. The second-order valence-electron chi connectivity index (χ2n) is 3.60. The molecule has 0 amide bonds. The molecule has 0 fully saturated rings. The van der Waals surface area contributed by atoms with Gasteiger partial charge in [0.05, 0.1) is 11.1 Å². The van der Waals surface area contributed by atoms with Gasteiger partial charge in [-0.25, -0.2) is 9.97 Å². The Bertz CT molecular complexity index is 676. The van der Waals surface area contributed by atoms with Crippen LogP contribution >= 0.6 is 22.6 Å². The van der Waals surface area contributed by atoms with E-state index in [2.05, 4.69) is 43.1 Å². The number of nitrogen functional groups attached to an aromatic ring is 1. The van der Waals surface area contributed by atoms with E-state index in [-0.39, 0.29) is 11.6 Å². The van der Waals surface area contributed by atoms with Crippen molar-refractivity contribution in [3.63, 3.8) is 0 Å². The fourth-order valence-corrected chi connectivity index (χ4v) is 1.92. The van der Waals surface area contributed by atoms with Crippen LogP contribution in [0.5, 0.6) is 0 Å². The molecule has 20 heavy (non-hydrogen) atoms. The molecule has 1 heterocycles. The molecule has 0 radical (unpaired) electrons. The number of nitrogens with two attached hydrogens (primary N) is 1. The first-order valence-corrected chi connectivity index (χ1v) is 6.46. The third kappa shape index (κ3) is 3.17. The molecule has 0 unspecified atom stereocenters. The minimum Gasteiger partial charge on any atom is -0.378 e. The number of aromatic nitrogens is 2. The molecule has 8 nitrogen and oxygen atoms in total. The van der Waals surface area contributed by atoms with Crippen molar-refractivity contribution in [2.45, 2.75) is 0 Å². The molecular formula is C11H9IN6O2. The van der Waals surface area contributed by atoms with Crippen LogP contribution in [0.25, 0.3) is 0 Å². The van der Waals surface area contributed by atoms with Gasteiger partial charge in [-0.1, -0.05) is 18.2 Å². The topological polar surface area (TPSA) is 119 Å². The number of rotatable bonds is 4. The van der Waals surface area contributed by atoms with Crippen molar-refractivity contribution in [3.8, 4) is 0 Å². The number of hydrogen-bond acceptors (Lipinski definition) is 7. The Morgan fingerprint density at radius 3 is 2.85 bits per heavy atom. The Morgan fingerprint density at radius 2 is 2.15 bits per heavy atom. The van der Waals surface area contributed by atoms with Gasteiger partial charge >= 0.3 is 5.69 Å². The third-order valence-corrected chi connectivity index (χ3v) is 3.29. The Morgan fingerprint density at radius 1 is 1.40 bits per heavy atom. The second kappa shape index (κ2) is 6.23. The summed E-state index contributed by atoms with van der Waals surface area (Å²) >= 11 is 2.16. The molecule has 0 aliphatic rings. The summed E-state index contributed by atoms with van der Waals surface area (Å²) in [4.78, 5) is 17.6. The number of benzene rings is 1. The van der Waals surface area contributed by atoms with E-state index in [0.29, 0.717) is 0 Å². The van der Waals surface area contributed by atoms with Gasteiger partial charge in [-0.2, -0.15) is 5.10 Å². The highest BCUT2D eigenvalue weighted by Crippen LogP contribution is 2.26. The Hall–Kier alpha value is -2.30. The van der Waals surface area contributed by atoms with Crippen LogP contribution in [0.4, 0.5) is 17.3 Å². The van der Waals surface area contributed by atoms with Gasteiger partial charge in [0, 0.05) is 9.13 Å². The molecule has 0 bridgehead atoms. The Labute approximate surface area is 127 Å². The van der Waals surface area contributed by atoms with Gasteiger partial charge in [0.1, 0.15) is 6.33 Å². The summed E-state index contributed by atoms with van der Waals surface area (Å²) in [5.41, 5.74) is 8.43. The molecular weight excluding hydrogens is 375 g/mol. The predicted octanol–water partition coefficient (Wildman–Crippen LogP) is 2.02. The first-order chi connectivity index (χ1) is 9.59. The van der Waals surface area contributed by atoms with E-state index < -0.39 is 10.6 Å². The maximum absolute atomic E-state index is 10.9. The summed E-state index contributed by atoms with van der Waals surface area (Å²) in [6.45, 7) is 0. The van der Waals surface area contributed by atoms with Crippen LogP contribution in [-0.2, 0) is 0 Å². The molecule has 0 atom stereocenters. The molecule has 0 aliphatic heterocycles. The summed E-state index contributed by atoms with van der Waals surface area (Å²) in [6.07, 6.45) is 2.68. The van der Waals surface area contributed by atoms with Crippen molar-refractivity contribution in [1.82, 2.24) is 9.97 Å². The van der Waals surface area contributed by atoms with Gasteiger partial charge in [0.15, 0.2) is 0 Å². The highest BCUT2D eigenvalue weighted by molar-refractivity contribution is 14.1. The SMILES string of the molecule is Nc1ncnc(NN=Cc2ccccc2I)c1[N+](=O)[O-]. The largest absolute Gasteiger partial charge is 0.378 e. The number of nitrogens with zero attached hydrogens (tertiary/aromatic N) is 4. The lowest BCUT2D eigenvalue weighted by Crippen LogP contribution is -2.04. The summed E-state index contributed by atoms with van der Waals surface area (Å²) in [7, 11) is 0. The van der Waals surface area contributed by atoms with Crippen molar-refractivity contribution in [2.75, 3.05) is 11.2 Å². The van der Waals surface area contributed by atoms with E-state index in [4.69, 9.17) is 5.73 Å². The number of halogens is 1. The highest BCUT2D eigenvalue weighted by atomic mass is 127. The summed E-state index contributed by atoms with van der Waals surface area (Å²) < 4.78 is 1.01. The van der Waals surface area contributed by atoms with E-state index in [9.17, 15) is 10.1 Å². The number of anilines is 2. The van der Waals surface area contributed by atoms with Crippen LogP contribution in [0.2, 0.25) is 0 Å². The van der Waals surface area contributed by atoms with Crippen molar-refractivity contribution >= 4 is 46.1 Å². The van der Waals surface area contributed by atoms with Crippen molar-refractivity contribution in [2.24, 2.45) is 5.10 Å². The second-order valence-corrected chi connectivity index (χ2v) is 4.77. The molecule has 1 aromatic heterocycles. The molecule has 102 valence electrons. The summed E-state index contributed by atoms with van der Waals surface area (Å²) in [5.74, 6) is -0.262. The molecule has 0 spiro atoms. The lowest BCUT2D eigenvalue weighted by molar-refractivity contribution is -0.383. The molecule has 0 aliphatic carbocycles. The van der Waals surface area contributed by atoms with Crippen molar-refractivity contribution in [1.29, 1.82) is 0 Å². The highest BCUT2D eigenvalue weighted by Gasteiger charge is 2.20. The third-order valence-electron chi connectivity index (χ3n) is 2.31. The number of hydrazone groups is 1. The van der Waals surface area contributed by atoms with E-state index in [1.165, 1.54) is 0 Å². The monoisotopic (exact) mass is 384 g/mol. The van der Waals surface area contributed by atoms with Crippen LogP contribution in [0, 0.1) is 13.7 Å². The van der Waals surface area contributed by atoms with Crippen LogP contribution in [-0.4, -0.2) is 21.1 Å². The van der Waals surface area contributed by atoms with Gasteiger partial charge in [-0.3, -0.25) is 15.5 Å². The predicted molar refractivity (Wildman–Crippen MR) is 83.5 cm³/mol. The summed E-state index contributed by atoms with van der Waals surface area (Å²) in [6, 6.07) is 7.57. The molecule has 2 rings (SSSR count). The van der Waals surface area contributed by atoms with Gasteiger partial charge in [-0.15, -0.1) is 0 Å². The minimum absolute atomic E-state index is 0.0512. The van der Waals surface area contributed by atoms with E-state index in [1.807, 2.05) is 24.3 Å². The fourth-order valence-electron chi connectivity index (χ4n) is 1.40. The molecule has 3 N–H and O–H groups in total. The Kier molecular flexibility index (Phi) is 4.40. The zero-order chi connectivity index (χ0) is 14.5. The standard InChI is InChI=1S/C11H9IN6O2/c12-8-4-2-1-3-7(8)5-16-17-11-9(18(19)20)10(13)14-6-15-11/h1-6H,(H3,13,14,15,17). The number of nitro groups is 1. The van der Waals surface area contributed by atoms with Crippen LogP contribution in [0.3, 0.4) is 0 Å². The van der Waals surface area contributed by atoms with Gasteiger partial charge in [-0.05, 0) is 28.7 Å². The van der Waals surface area contributed by atoms with Crippen LogP contribution in [0.1, 0.15) is 5.56 Å². The normalized spacial score (nSPS) is 10.7. The van der Waals surface area contributed by atoms with Crippen molar-refractivity contribution < 1.29 is 4.92 Å². The van der Waals surface area contributed by atoms with Gasteiger partial charge in [0.2, 0.25) is 11.6 Å². The first-order valence-electron chi connectivity index (χ1n) is 5.38. The van der Waals surface area contributed by atoms with Crippen LogP contribution in [0.15, 0.2) is 35.7 Å². The lowest BCUT2D eigenvalue weighted by Gasteiger charge is -2.02. The molecule has 2 aromatic rings. The maximum atomic E-state index is 10.9. The van der Waals surface area contributed by atoms with Crippen LogP contribution < -0.4 is 11.2 Å². The fraction of sp³-hybridized carbons (Fsp3) is 0. The average molecular weight is 384 g/mol. The van der Waals surface area contributed by atoms with E-state index in [1.54, 1.807) is 6.21 Å². The zero-order valence-electron chi connectivity index (χ0n) is 10.0. The van der Waals surface area contributed by atoms with Crippen molar-refractivity contribution in [3.05, 3.63) is 49.8 Å². The Balaban J connectivity index is 2.22. The first kappa shape index (κ1) is 14.1. The molecule has 0 saturated heterocycles. The summed E-state index contributed by atoms with van der Waals surface area (Å²) in [5, 5.41) is 14.8. The lowest BCUT2D eigenvalue weighted by atomic mass is 10.2. The van der Waals surface area contributed by atoms with E-state index in [0.717, 1.165) is 15.5 Å². The zero-order valence-corrected chi connectivity index (χ0v) is 12.2.